The Morgan fingerprint density at radius 2 is 1.42 bits per heavy atom. The molecule has 5 aromatic rings. The summed E-state index contributed by atoms with van der Waals surface area (Å²) in [7, 11) is 5.88. The molecule has 3 heteroatoms. The van der Waals surface area contributed by atoms with E-state index >= 15 is 0 Å². The molecule has 5 rings (SSSR count). The van der Waals surface area contributed by atoms with Gasteiger partial charge in [0.1, 0.15) is 5.75 Å². The number of aromatic nitrogens is 1. The molecule has 0 spiro atoms. The van der Waals surface area contributed by atoms with Gasteiger partial charge < -0.3 is 14.6 Å². The van der Waals surface area contributed by atoms with Gasteiger partial charge in [-0.15, -0.1) is 0 Å². The topological polar surface area (TPSA) is 26.2 Å². The zero-order valence-corrected chi connectivity index (χ0v) is 19.2. The van der Waals surface area contributed by atoms with Gasteiger partial charge >= 0.3 is 0 Å². The average molecular weight is 433 g/mol. The van der Waals surface area contributed by atoms with E-state index in [-0.39, 0.29) is 5.92 Å². The molecule has 1 heterocycles. The van der Waals surface area contributed by atoms with E-state index in [0.717, 1.165) is 11.4 Å². The molecule has 3 nitrogen and oxygen atoms in total. The summed E-state index contributed by atoms with van der Waals surface area (Å²) in [6.45, 7) is 0. The Morgan fingerprint density at radius 1 is 0.758 bits per heavy atom. The van der Waals surface area contributed by atoms with E-state index in [2.05, 4.69) is 120 Å². The summed E-state index contributed by atoms with van der Waals surface area (Å²) < 4.78 is 7.81. The third-order valence-corrected chi connectivity index (χ3v) is 6.48. The molecule has 1 aromatic heterocycles. The number of anilines is 1. The molecule has 0 aliphatic heterocycles. The molecule has 0 bridgehead atoms. The maximum Gasteiger partial charge on any atom is 0.118 e. The van der Waals surface area contributed by atoms with Gasteiger partial charge in [0.15, 0.2) is 0 Å². The van der Waals surface area contributed by atoms with E-state index in [0.29, 0.717) is 0 Å². The van der Waals surface area contributed by atoms with E-state index in [1.54, 1.807) is 7.11 Å². The number of fused-ring (bicyclic) bond motifs is 1. The van der Waals surface area contributed by atoms with Crippen LogP contribution < -0.4 is 10.1 Å². The number of ether oxygens (including phenoxy) is 1. The van der Waals surface area contributed by atoms with Gasteiger partial charge in [0.2, 0.25) is 0 Å². The summed E-state index contributed by atoms with van der Waals surface area (Å²) in [5.41, 5.74) is 8.60. The molecule has 0 radical (unpaired) electrons. The molecule has 0 saturated heterocycles. The van der Waals surface area contributed by atoms with Crippen LogP contribution in [0.5, 0.6) is 5.75 Å². The lowest BCUT2D eigenvalue weighted by atomic mass is 9.84. The number of hydrogen-bond acceptors (Lipinski definition) is 2. The van der Waals surface area contributed by atoms with Gasteiger partial charge in [-0.3, -0.25) is 0 Å². The molecule has 0 amide bonds. The summed E-state index contributed by atoms with van der Waals surface area (Å²) >= 11 is 0. The quantitative estimate of drug-likeness (QED) is 0.310. The summed E-state index contributed by atoms with van der Waals surface area (Å²) in [6.07, 6.45) is 0. The third kappa shape index (κ3) is 3.66. The van der Waals surface area contributed by atoms with Gasteiger partial charge in [-0.05, 0) is 41.0 Å². The van der Waals surface area contributed by atoms with Crippen molar-refractivity contribution in [2.75, 3.05) is 19.5 Å². The molecule has 0 aliphatic carbocycles. The van der Waals surface area contributed by atoms with Crippen molar-refractivity contribution >= 4 is 16.6 Å². The molecule has 164 valence electrons. The highest BCUT2D eigenvalue weighted by Gasteiger charge is 2.28. The Hall–Kier alpha value is -3.98. The fourth-order valence-corrected chi connectivity index (χ4v) is 4.92. The standard InChI is InChI=1S/C30H28N2O/c1-31-26-15-9-7-13-24(26)28(22-17-19-23(33-3)20-18-22)30-29(21-11-5-4-6-12-21)25-14-8-10-16-27(25)32(30)2/h4-20,28,31H,1-3H3/t28-/m0/s1. The van der Waals surface area contributed by atoms with Gasteiger partial charge in [-0.25, -0.2) is 0 Å². The number of para-hydroxylation sites is 2. The number of benzene rings is 4. The first-order valence-corrected chi connectivity index (χ1v) is 11.3. The zero-order valence-electron chi connectivity index (χ0n) is 19.2. The van der Waals surface area contributed by atoms with Crippen LogP contribution in [-0.2, 0) is 7.05 Å². The smallest absolute Gasteiger partial charge is 0.118 e. The number of aryl methyl sites for hydroxylation is 1. The first kappa shape index (κ1) is 20.9. The largest absolute Gasteiger partial charge is 0.497 e. The minimum atomic E-state index is 0.0344. The number of nitrogens with one attached hydrogen (secondary N) is 1. The first-order valence-electron chi connectivity index (χ1n) is 11.3. The molecule has 0 fully saturated rings. The average Bonchev–Trinajstić information content (AvgIpc) is 3.17. The molecule has 4 aromatic carbocycles. The maximum absolute atomic E-state index is 5.45. The molecule has 33 heavy (non-hydrogen) atoms. The van der Waals surface area contributed by atoms with Gasteiger partial charge in [0, 0.05) is 41.9 Å². The summed E-state index contributed by atoms with van der Waals surface area (Å²) in [5.74, 6) is 0.895. The fourth-order valence-electron chi connectivity index (χ4n) is 4.92. The Kier molecular flexibility index (Phi) is 5.62. The fraction of sp³-hybridized carbons (Fsp3) is 0.133. The highest BCUT2D eigenvalue weighted by atomic mass is 16.5. The molecule has 0 unspecified atom stereocenters. The van der Waals surface area contributed by atoms with Crippen LogP contribution in [-0.4, -0.2) is 18.7 Å². The van der Waals surface area contributed by atoms with Crippen molar-refractivity contribution in [3.05, 3.63) is 120 Å². The highest BCUT2D eigenvalue weighted by molar-refractivity contribution is 5.99. The van der Waals surface area contributed by atoms with Gasteiger partial charge in [0.25, 0.3) is 0 Å². The van der Waals surface area contributed by atoms with Crippen LogP contribution in [0.3, 0.4) is 0 Å². The van der Waals surface area contributed by atoms with Crippen LogP contribution in [0.1, 0.15) is 22.7 Å². The Bertz CT molecular complexity index is 1380. The lowest BCUT2D eigenvalue weighted by molar-refractivity contribution is 0.414. The first-order chi connectivity index (χ1) is 16.2. The summed E-state index contributed by atoms with van der Waals surface area (Å²) in [6, 6.07) is 36.5. The Morgan fingerprint density at radius 3 is 2.15 bits per heavy atom. The Balaban J connectivity index is 1.87. The predicted molar refractivity (Wildman–Crippen MR) is 138 cm³/mol. The molecular weight excluding hydrogens is 404 g/mol. The van der Waals surface area contributed by atoms with Crippen molar-refractivity contribution < 1.29 is 4.74 Å². The van der Waals surface area contributed by atoms with Crippen LogP contribution in [0, 0.1) is 0 Å². The predicted octanol–water partition coefficient (Wildman–Crippen LogP) is 7.08. The number of methoxy groups -OCH3 is 1. The monoisotopic (exact) mass is 432 g/mol. The second kappa shape index (κ2) is 8.87. The van der Waals surface area contributed by atoms with Crippen molar-refractivity contribution in [3.63, 3.8) is 0 Å². The number of hydrogen-bond donors (Lipinski definition) is 1. The molecule has 0 aliphatic rings. The van der Waals surface area contributed by atoms with Crippen LogP contribution in [0.2, 0.25) is 0 Å². The van der Waals surface area contributed by atoms with E-state index in [9.17, 15) is 0 Å². The SMILES string of the molecule is CNc1ccccc1[C@H](c1ccc(OC)cc1)c1c(-c2ccccc2)c2ccccc2n1C. The Labute approximate surface area is 195 Å². The number of nitrogens with zero attached hydrogens (tertiary/aromatic N) is 1. The van der Waals surface area contributed by atoms with Crippen molar-refractivity contribution in [3.8, 4) is 16.9 Å². The molecule has 1 N–H and O–H groups in total. The van der Waals surface area contributed by atoms with Gasteiger partial charge in [-0.1, -0.05) is 78.9 Å². The van der Waals surface area contributed by atoms with Crippen LogP contribution in [0.4, 0.5) is 5.69 Å². The minimum absolute atomic E-state index is 0.0344. The normalized spacial score (nSPS) is 12.0. The van der Waals surface area contributed by atoms with Crippen molar-refractivity contribution in [1.29, 1.82) is 0 Å². The number of rotatable bonds is 6. The zero-order chi connectivity index (χ0) is 22.8. The lowest BCUT2D eigenvalue weighted by Gasteiger charge is -2.24. The van der Waals surface area contributed by atoms with Crippen molar-refractivity contribution in [2.24, 2.45) is 7.05 Å². The molecule has 0 saturated carbocycles. The van der Waals surface area contributed by atoms with Crippen LogP contribution in [0.15, 0.2) is 103 Å². The maximum atomic E-state index is 5.45. The van der Waals surface area contributed by atoms with E-state index < -0.39 is 0 Å². The molecular formula is C30H28N2O. The van der Waals surface area contributed by atoms with Gasteiger partial charge in [0.05, 0.1) is 13.0 Å². The lowest BCUT2D eigenvalue weighted by Crippen LogP contribution is -2.11. The van der Waals surface area contributed by atoms with E-state index in [1.165, 1.54) is 38.9 Å². The second-order valence-corrected chi connectivity index (χ2v) is 8.25. The van der Waals surface area contributed by atoms with E-state index in [4.69, 9.17) is 4.74 Å². The highest BCUT2D eigenvalue weighted by Crippen LogP contribution is 2.45. The summed E-state index contributed by atoms with van der Waals surface area (Å²) in [5, 5.41) is 4.68. The van der Waals surface area contributed by atoms with Crippen molar-refractivity contribution in [1.82, 2.24) is 4.57 Å². The minimum Gasteiger partial charge on any atom is -0.497 e. The summed E-state index contributed by atoms with van der Waals surface area (Å²) in [4.78, 5) is 0. The van der Waals surface area contributed by atoms with Gasteiger partial charge in [-0.2, -0.15) is 0 Å². The second-order valence-electron chi connectivity index (χ2n) is 8.25. The van der Waals surface area contributed by atoms with Crippen LogP contribution >= 0.6 is 0 Å². The third-order valence-electron chi connectivity index (χ3n) is 6.48. The molecule has 1 atom stereocenters. The van der Waals surface area contributed by atoms with Crippen LogP contribution in [0.25, 0.3) is 22.0 Å². The van der Waals surface area contributed by atoms with E-state index in [1.807, 2.05) is 7.05 Å². The van der Waals surface area contributed by atoms with Crippen molar-refractivity contribution in [2.45, 2.75) is 5.92 Å².